The van der Waals surface area contributed by atoms with Crippen molar-refractivity contribution in [2.45, 2.75) is 55.4 Å². The molecule has 2 nitrogen and oxygen atoms in total. The lowest BCUT2D eigenvalue weighted by molar-refractivity contribution is -0.106. The first-order valence-electron chi connectivity index (χ1n) is 4.63. The van der Waals surface area contributed by atoms with Gasteiger partial charge in [-0.25, -0.2) is 0 Å². The van der Waals surface area contributed by atoms with Gasteiger partial charge in [0.2, 0.25) is 0 Å². The van der Waals surface area contributed by atoms with Gasteiger partial charge in [-0.2, -0.15) is 0 Å². The lowest BCUT2D eigenvalue weighted by Crippen LogP contribution is -1.36. The largest absolute Gasteiger partial charge is 0.304 e. The Bertz CT molecular complexity index is 28.8. The summed E-state index contributed by atoms with van der Waals surface area (Å²) in [7, 11) is 0. The second-order valence-corrected chi connectivity index (χ2v) is 0.471. The van der Waals surface area contributed by atoms with E-state index in [1.54, 1.807) is 0 Å². The average Bonchev–Trinajstić information content (AvgIpc) is 2.16. The van der Waals surface area contributed by atoms with Gasteiger partial charge in [0.25, 0.3) is 0 Å². The van der Waals surface area contributed by atoms with Crippen LogP contribution in [0.1, 0.15) is 55.4 Å². The van der Waals surface area contributed by atoms with Crippen molar-refractivity contribution in [2.75, 3.05) is 0 Å². The topological polar surface area (TPSA) is 34.1 Å². The third-order valence-corrected chi connectivity index (χ3v) is 0. The van der Waals surface area contributed by atoms with Gasteiger partial charge in [0.1, 0.15) is 12.6 Å². The molecule has 0 heterocycles. The van der Waals surface area contributed by atoms with E-state index in [2.05, 4.69) is 0 Å². The van der Waals surface area contributed by atoms with Crippen LogP contribution in [0.3, 0.4) is 0 Å². The van der Waals surface area contributed by atoms with Crippen molar-refractivity contribution in [3.05, 3.63) is 0 Å². The molecule has 2 heteroatoms. The second kappa shape index (κ2) is 502. The Hall–Kier alpha value is -0.660. The fraction of sp³-hybridized carbons (Fsp3) is 0.800. The first-order chi connectivity index (χ1) is 5.83. The average molecular weight is 178 g/mol. The number of rotatable bonds is 0. The summed E-state index contributed by atoms with van der Waals surface area (Å²) < 4.78 is 0. The van der Waals surface area contributed by atoms with E-state index >= 15 is 0 Å². The van der Waals surface area contributed by atoms with Crippen LogP contribution in [0.5, 0.6) is 0 Å². The minimum absolute atomic E-state index is 0.750. The highest BCUT2D eigenvalue weighted by Gasteiger charge is 1.24. The van der Waals surface area contributed by atoms with Gasteiger partial charge in [0, 0.05) is 0 Å². The van der Waals surface area contributed by atoms with Crippen molar-refractivity contribution in [2.24, 2.45) is 0 Å². The normalized spacial score (nSPS) is 3.67. The van der Waals surface area contributed by atoms with E-state index in [9.17, 15) is 0 Å². The van der Waals surface area contributed by atoms with E-state index in [1.165, 1.54) is 13.8 Å². The maximum Gasteiger partial charge on any atom is 0.116 e. The van der Waals surface area contributed by atoms with Crippen molar-refractivity contribution in [3.63, 3.8) is 0 Å². The lowest BCUT2D eigenvalue weighted by atomic mass is 11.0. The molecule has 0 bridgehead atoms. The minimum atomic E-state index is 0.750. The smallest absolute Gasteiger partial charge is 0.116 e. The predicted molar refractivity (Wildman–Crippen MR) is 57.5 cm³/mol. The standard InChI is InChI=1S/2C2H4O.3C2H6/c2*1-2-3;3*1-2/h2*2H,1H3;3*1-2H3. The first-order valence-corrected chi connectivity index (χ1v) is 4.63. The Labute approximate surface area is 78.4 Å². The fourth-order valence-electron chi connectivity index (χ4n) is 0. The van der Waals surface area contributed by atoms with Crippen LogP contribution in [-0.4, -0.2) is 12.6 Å². The van der Waals surface area contributed by atoms with Crippen molar-refractivity contribution < 1.29 is 9.59 Å². The molecule has 0 amide bonds. The Morgan fingerprint density at radius 1 is 0.583 bits per heavy atom. The molecule has 0 aliphatic carbocycles. The Morgan fingerprint density at radius 3 is 0.583 bits per heavy atom. The Kier molecular flexibility index (Phi) is 1260. The quantitative estimate of drug-likeness (QED) is 0.532. The molecule has 0 spiro atoms. The van der Waals surface area contributed by atoms with Crippen LogP contribution in [0.15, 0.2) is 0 Å². The molecule has 78 valence electrons. The van der Waals surface area contributed by atoms with Crippen molar-refractivity contribution in [3.8, 4) is 0 Å². The molecule has 0 unspecified atom stereocenters. The molecular formula is C10H26O2. The van der Waals surface area contributed by atoms with Gasteiger partial charge in [-0.1, -0.05) is 41.5 Å². The number of carbonyl (C=O) groups is 2. The van der Waals surface area contributed by atoms with E-state index in [-0.39, 0.29) is 0 Å². The molecule has 0 fully saturated rings. The minimum Gasteiger partial charge on any atom is -0.304 e. The van der Waals surface area contributed by atoms with Gasteiger partial charge in [-0.3, -0.25) is 0 Å². The summed E-state index contributed by atoms with van der Waals surface area (Å²) in [4.78, 5) is 17.6. The molecule has 12 heavy (non-hydrogen) atoms. The molecule has 0 saturated heterocycles. The highest BCUT2D eigenvalue weighted by Crippen LogP contribution is 1.15. The SMILES string of the molecule is CC.CC.CC.CC=O.CC=O. The number of aldehydes is 2. The summed E-state index contributed by atoms with van der Waals surface area (Å²) in [6, 6.07) is 0. The zero-order chi connectivity index (χ0) is 11.4. The zero-order valence-electron chi connectivity index (χ0n) is 9.97. The molecule has 0 aromatic heterocycles. The third kappa shape index (κ3) is 1490. The number of carbonyl (C=O) groups excluding carboxylic acids is 2. The van der Waals surface area contributed by atoms with Crippen molar-refractivity contribution in [1.82, 2.24) is 0 Å². The van der Waals surface area contributed by atoms with Gasteiger partial charge in [-0.05, 0) is 13.8 Å². The Balaban J connectivity index is -0.0000000174. The number of hydrogen-bond donors (Lipinski definition) is 0. The summed E-state index contributed by atoms with van der Waals surface area (Å²) >= 11 is 0. The summed E-state index contributed by atoms with van der Waals surface area (Å²) in [5.74, 6) is 0. The molecule has 0 N–H and O–H groups in total. The van der Waals surface area contributed by atoms with Crippen LogP contribution in [-0.2, 0) is 9.59 Å². The highest BCUT2D eigenvalue weighted by atomic mass is 16.1. The lowest BCUT2D eigenvalue weighted by Gasteiger charge is -1.24. The molecule has 0 aromatic rings. The van der Waals surface area contributed by atoms with E-state index in [4.69, 9.17) is 9.59 Å². The van der Waals surface area contributed by atoms with Crippen LogP contribution in [0.2, 0.25) is 0 Å². The summed E-state index contributed by atoms with van der Waals surface area (Å²) in [5.41, 5.74) is 0. The highest BCUT2D eigenvalue weighted by molar-refractivity contribution is 5.44. The molecule has 0 aromatic carbocycles. The van der Waals surface area contributed by atoms with Crippen LogP contribution < -0.4 is 0 Å². The van der Waals surface area contributed by atoms with Crippen LogP contribution in [0, 0.1) is 0 Å². The van der Waals surface area contributed by atoms with Crippen LogP contribution in [0.25, 0.3) is 0 Å². The second-order valence-electron chi connectivity index (χ2n) is 0.471. The van der Waals surface area contributed by atoms with Crippen LogP contribution >= 0.6 is 0 Å². The fourth-order valence-corrected chi connectivity index (χ4v) is 0. The van der Waals surface area contributed by atoms with Crippen molar-refractivity contribution >= 4 is 12.6 Å². The van der Waals surface area contributed by atoms with E-state index < -0.39 is 0 Å². The Morgan fingerprint density at radius 2 is 0.583 bits per heavy atom. The maximum atomic E-state index is 8.81. The molecule has 0 saturated carbocycles. The number of hydrogen-bond acceptors (Lipinski definition) is 2. The van der Waals surface area contributed by atoms with Gasteiger partial charge in [-0.15, -0.1) is 0 Å². The van der Waals surface area contributed by atoms with Crippen LogP contribution in [0.4, 0.5) is 0 Å². The molecule has 0 radical (unpaired) electrons. The molecular weight excluding hydrogens is 152 g/mol. The maximum absolute atomic E-state index is 8.81. The zero-order valence-corrected chi connectivity index (χ0v) is 9.97. The van der Waals surface area contributed by atoms with E-state index in [1.807, 2.05) is 41.5 Å². The monoisotopic (exact) mass is 178 g/mol. The van der Waals surface area contributed by atoms with Gasteiger partial charge >= 0.3 is 0 Å². The van der Waals surface area contributed by atoms with Crippen molar-refractivity contribution in [1.29, 1.82) is 0 Å². The van der Waals surface area contributed by atoms with E-state index in [0.717, 1.165) is 12.6 Å². The summed E-state index contributed by atoms with van der Waals surface area (Å²) in [6.45, 7) is 14.9. The molecule has 0 aliphatic rings. The van der Waals surface area contributed by atoms with E-state index in [0.29, 0.717) is 0 Å². The molecule has 0 rings (SSSR count). The van der Waals surface area contributed by atoms with Gasteiger partial charge in [0.05, 0.1) is 0 Å². The predicted octanol–water partition coefficient (Wildman–Crippen LogP) is 3.49. The van der Waals surface area contributed by atoms with Gasteiger partial charge in [0.15, 0.2) is 0 Å². The first kappa shape index (κ1) is 30.2. The van der Waals surface area contributed by atoms with Gasteiger partial charge < -0.3 is 9.59 Å². The summed E-state index contributed by atoms with van der Waals surface area (Å²) in [6.07, 6.45) is 1.50. The molecule has 0 atom stereocenters. The third-order valence-electron chi connectivity index (χ3n) is 0. The molecule has 0 aliphatic heterocycles. The summed E-state index contributed by atoms with van der Waals surface area (Å²) in [5, 5.41) is 0.